The Labute approximate surface area is 155 Å². The van der Waals surface area contributed by atoms with Crippen LogP contribution in [-0.2, 0) is 10.4 Å². The van der Waals surface area contributed by atoms with Gasteiger partial charge < -0.3 is 14.7 Å². The van der Waals surface area contributed by atoms with Gasteiger partial charge in [-0.25, -0.2) is 4.39 Å². The average molecular weight is 363 g/mol. The van der Waals surface area contributed by atoms with Crippen LogP contribution in [0, 0.1) is 29.0 Å². The molecule has 2 fully saturated rings. The molecule has 0 spiro atoms. The zero-order chi connectivity index (χ0) is 19.3. The van der Waals surface area contributed by atoms with Crippen molar-refractivity contribution in [3.63, 3.8) is 0 Å². The van der Waals surface area contributed by atoms with Gasteiger partial charge in [0, 0.05) is 18.5 Å². The minimum atomic E-state index is -1.07. The number of aliphatic hydroxyl groups is 1. The fraction of sp³-hybridized carbons (Fsp3) is 0.667. The molecule has 2 aliphatic carbocycles. The van der Waals surface area contributed by atoms with Gasteiger partial charge in [0.1, 0.15) is 11.6 Å². The highest BCUT2D eigenvalue weighted by Gasteiger charge is 2.59. The van der Waals surface area contributed by atoms with E-state index in [1.807, 2.05) is 14.1 Å². The molecule has 0 unspecified atom stereocenters. The van der Waals surface area contributed by atoms with Crippen molar-refractivity contribution >= 4 is 5.97 Å². The number of hydrogen-bond acceptors (Lipinski definition) is 4. The quantitative estimate of drug-likeness (QED) is 0.656. The van der Waals surface area contributed by atoms with Crippen molar-refractivity contribution in [2.45, 2.75) is 45.6 Å². The third-order valence-electron chi connectivity index (χ3n) is 5.74. The maximum absolute atomic E-state index is 14.3. The number of ether oxygens (including phenoxy) is 1. The molecule has 3 rings (SSSR count). The summed E-state index contributed by atoms with van der Waals surface area (Å²) < 4.78 is 19.7. The van der Waals surface area contributed by atoms with Crippen LogP contribution in [0.15, 0.2) is 18.2 Å². The summed E-state index contributed by atoms with van der Waals surface area (Å²) in [4.78, 5) is 14.2. The summed E-state index contributed by atoms with van der Waals surface area (Å²) >= 11 is 0. The van der Waals surface area contributed by atoms with Gasteiger partial charge in [-0.2, -0.15) is 0 Å². The summed E-state index contributed by atoms with van der Waals surface area (Å²) in [6.45, 7) is 6.01. The molecule has 1 aromatic rings. The van der Waals surface area contributed by atoms with Crippen LogP contribution in [-0.4, -0.2) is 36.6 Å². The van der Waals surface area contributed by atoms with Crippen LogP contribution in [0.1, 0.15) is 45.6 Å². The topological polar surface area (TPSA) is 49.8 Å². The Kier molecular flexibility index (Phi) is 4.91. The van der Waals surface area contributed by atoms with Crippen molar-refractivity contribution in [2.75, 3.05) is 20.6 Å². The molecule has 0 heterocycles. The molecule has 144 valence electrons. The SMILES string of the molecule is CN(C)C[C@H]1CC[C@@H]2C[C@@H]2[C@]1(O)c1cc(F)cc(OC(=O)C(C)(C)C)c1. The first-order valence-corrected chi connectivity index (χ1v) is 9.42. The first-order chi connectivity index (χ1) is 12.0. The molecule has 5 heteroatoms. The van der Waals surface area contributed by atoms with E-state index in [9.17, 15) is 14.3 Å². The van der Waals surface area contributed by atoms with E-state index in [-0.39, 0.29) is 17.6 Å². The van der Waals surface area contributed by atoms with Gasteiger partial charge >= 0.3 is 5.97 Å². The second-order valence-electron chi connectivity index (χ2n) is 9.28. The monoisotopic (exact) mass is 363 g/mol. The van der Waals surface area contributed by atoms with E-state index in [2.05, 4.69) is 4.90 Å². The van der Waals surface area contributed by atoms with E-state index in [0.29, 0.717) is 11.5 Å². The third-order valence-corrected chi connectivity index (χ3v) is 5.74. The number of esters is 1. The fourth-order valence-corrected chi connectivity index (χ4v) is 4.28. The highest BCUT2D eigenvalue weighted by molar-refractivity contribution is 5.77. The first kappa shape index (κ1) is 19.3. The number of halogens is 1. The molecule has 0 radical (unpaired) electrons. The molecule has 2 saturated carbocycles. The Morgan fingerprint density at radius 3 is 2.62 bits per heavy atom. The summed E-state index contributed by atoms with van der Waals surface area (Å²) in [7, 11) is 3.98. The van der Waals surface area contributed by atoms with Crippen LogP contribution in [0.5, 0.6) is 5.75 Å². The minimum absolute atomic E-state index is 0.0363. The normalized spacial score (nSPS) is 30.8. The summed E-state index contributed by atoms with van der Waals surface area (Å²) in [5.41, 5.74) is -1.21. The fourth-order valence-electron chi connectivity index (χ4n) is 4.28. The summed E-state index contributed by atoms with van der Waals surface area (Å²) in [6, 6.07) is 4.26. The molecule has 1 aromatic carbocycles. The second-order valence-corrected chi connectivity index (χ2v) is 9.28. The zero-order valence-electron chi connectivity index (χ0n) is 16.4. The van der Waals surface area contributed by atoms with Gasteiger partial charge in [0.05, 0.1) is 11.0 Å². The van der Waals surface area contributed by atoms with Gasteiger partial charge in [0.15, 0.2) is 0 Å². The van der Waals surface area contributed by atoms with Crippen molar-refractivity contribution in [3.8, 4) is 5.75 Å². The lowest BCUT2D eigenvalue weighted by atomic mass is 9.71. The Morgan fingerprint density at radius 2 is 2.00 bits per heavy atom. The summed E-state index contributed by atoms with van der Waals surface area (Å²) in [6.07, 6.45) is 3.02. The molecule has 4 nitrogen and oxygen atoms in total. The first-order valence-electron chi connectivity index (χ1n) is 9.42. The predicted molar refractivity (Wildman–Crippen MR) is 98.3 cm³/mol. The van der Waals surface area contributed by atoms with Crippen LogP contribution in [0.3, 0.4) is 0 Å². The lowest BCUT2D eigenvalue weighted by Crippen LogP contribution is -2.45. The van der Waals surface area contributed by atoms with Gasteiger partial charge in [0.2, 0.25) is 0 Å². The molecule has 4 atom stereocenters. The number of nitrogens with zero attached hydrogens (tertiary/aromatic N) is 1. The molecule has 26 heavy (non-hydrogen) atoms. The van der Waals surface area contributed by atoms with Gasteiger partial charge in [-0.15, -0.1) is 0 Å². The van der Waals surface area contributed by atoms with Gasteiger partial charge in [-0.1, -0.05) is 0 Å². The molecule has 0 bridgehead atoms. The summed E-state index contributed by atoms with van der Waals surface area (Å²) in [5, 5.41) is 11.7. The van der Waals surface area contributed by atoms with E-state index in [1.54, 1.807) is 26.8 Å². The number of rotatable bonds is 4. The van der Waals surface area contributed by atoms with Crippen LogP contribution >= 0.6 is 0 Å². The summed E-state index contributed by atoms with van der Waals surface area (Å²) in [5.74, 6) is -0.0248. The predicted octanol–water partition coefficient (Wildman–Crippen LogP) is 3.57. The van der Waals surface area contributed by atoms with Crippen molar-refractivity contribution in [2.24, 2.45) is 23.2 Å². The molecule has 2 aliphatic rings. The average Bonchev–Trinajstić information content (AvgIpc) is 3.29. The standard InChI is InChI=1S/C21H30FNO3/c1-20(2,3)19(24)26-17-10-15(9-16(22)11-17)21(25)14(12-23(4)5)7-6-13-8-18(13)21/h9-11,13-14,18,25H,6-8,12H2,1-5H3/t13-,14-,18+,21-/m1/s1. The Morgan fingerprint density at radius 1 is 1.31 bits per heavy atom. The molecule has 0 aliphatic heterocycles. The largest absolute Gasteiger partial charge is 0.426 e. The number of carbonyl (C=O) groups excluding carboxylic acids is 1. The number of fused-ring (bicyclic) bond motifs is 1. The molecule has 0 aromatic heterocycles. The Hall–Kier alpha value is -1.46. The molecular formula is C21H30FNO3. The number of benzene rings is 1. The van der Waals surface area contributed by atoms with E-state index in [4.69, 9.17) is 4.74 Å². The van der Waals surface area contributed by atoms with E-state index < -0.39 is 22.8 Å². The Bertz CT molecular complexity index is 697. The van der Waals surface area contributed by atoms with Gasteiger partial charge in [0.25, 0.3) is 0 Å². The molecule has 0 amide bonds. The van der Waals surface area contributed by atoms with Crippen molar-refractivity contribution in [1.29, 1.82) is 0 Å². The molecule has 1 N–H and O–H groups in total. The number of carbonyl (C=O) groups is 1. The molecular weight excluding hydrogens is 333 g/mol. The minimum Gasteiger partial charge on any atom is -0.426 e. The van der Waals surface area contributed by atoms with E-state index >= 15 is 0 Å². The lowest BCUT2D eigenvalue weighted by Gasteiger charge is -2.42. The second kappa shape index (κ2) is 6.61. The van der Waals surface area contributed by atoms with Gasteiger partial charge in [-0.05, 0) is 83.7 Å². The third kappa shape index (κ3) is 3.65. The zero-order valence-corrected chi connectivity index (χ0v) is 16.4. The highest BCUT2D eigenvalue weighted by Crippen LogP contribution is 2.61. The van der Waals surface area contributed by atoms with Crippen LogP contribution in [0.2, 0.25) is 0 Å². The van der Waals surface area contributed by atoms with E-state index in [1.165, 1.54) is 12.1 Å². The smallest absolute Gasteiger partial charge is 0.316 e. The molecule has 0 saturated heterocycles. The highest BCUT2D eigenvalue weighted by atomic mass is 19.1. The van der Waals surface area contributed by atoms with Crippen molar-refractivity contribution in [3.05, 3.63) is 29.6 Å². The maximum atomic E-state index is 14.3. The van der Waals surface area contributed by atoms with Crippen LogP contribution in [0.25, 0.3) is 0 Å². The van der Waals surface area contributed by atoms with Crippen molar-refractivity contribution < 1.29 is 19.0 Å². The van der Waals surface area contributed by atoms with Crippen LogP contribution in [0.4, 0.5) is 4.39 Å². The van der Waals surface area contributed by atoms with Gasteiger partial charge in [-0.3, -0.25) is 4.79 Å². The Balaban J connectivity index is 1.95. The maximum Gasteiger partial charge on any atom is 0.316 e. The number of hydrogen-bond donors (Lipinski definition) is 1. The lowest BCUT2D eigenvalue weighted by molar-refractivity contribution is -0.143. The van der Waals surface area contributed by atoms with E-state index in [0.717, 1.165) is 25.8 Å². The van der Waals surface area contributed by atoms with Crippen LogP contribution < -0.4 is 4.74 Å². The van der Waals surface area contributed by atoms with Crippen molar-refractivity contribution in [1.82, 2.24) is 4.90 Å².